The van der Waals surface area contributed by atoms with Gasteiger partial charge in [-0.2, -0.15) is 0 Å². The minimum atomic E-state index is -0.203. The molecule has 7 nitrogen and oxygen atoms in total. The van der Waals surface area contributed by atoms with E-state index in [-0.39, 0.29) is 17.8 Å². The van der Waals surface area contributed by atoms with Gasteiger partial charge in [-0.1, -0.05) is 41.3 Å². The van der Waals surface area contributed by atoms with Crippen molar-refractivity contribution >= 4 is 45.9 Å². The highest BCUT2D eigenvalue weighted by Gasteiger charge is 2.31. The average molecular weight is 432 g/mol. The molecule has 29 heavy (non-hydrogen) atoms. The first kappa shape index (κ1) is 19.9. The Morgan fingerprint density at radius 3 is 2.72 bits per heavy atom. The number of piperidine rings is 1. The van der Waals surface area contributed by atoms with Gasteiger partial charge in [-0.15, -0.1) is 10.2 Å². The summed E-state index contributed by atoms with van der Waals surface area (Å²) in [4.78, 5) is 26.7. The van der Waals surface area contributed by atoms with Crippen LogP contribution in [0.4, 0.5) is 0 Å². The Kier molecular flexibility index (Phi) is 5.86. The monoisotopic (exact) mass is 431 g/mol. The van der Waals surface area contributed by atoms with Crippen molar-refractivity contribution in [1.82, 2.24) is 15.1 Å². The van der Waals surface area contributed by atoms with E-state index in [0.717, 1.165) is 20.3 Å². The van der Waals surface area contributed by atoms with E-state index in [0.29, 0.717) is 43.0 Å². The lowest BCUT2D eigenvalue weighted by Gasteiger charge is -2.30. The molecule has 3 heterocycles. The number of esters is 1. The zero-order chi connectivity index (χ0) is 20.4. The topological polar surface area (TPSA) is 85.5 Å². The summed E-state index contributed by atoms with van der Waals surface area (Å²) in [5.74, 6) is 0.469. The minimum absolute atomic E-state index is 0.131. The van der Waals surface area contributed by atoms with Crippen LogP contribution < -0.4 is 0 Å². The van der Waals surface area contributed by atoms with E-state index >= 15 is 0 Å². The molecule has 0 N–H and O–H groups in total. The van der Waals surface area contributed by atoms with Gasteiger partial charge in [0.2, 0.25) is 0 Å². The number of rotatable bonds is 5. The van der Waals surface area contributed by atoms with Crippen LogP contribution in [-0.2, 0) is 15.3 Å². The summed E-state index contributed by atoms with van der Waals surface area (Å²) in [6.45, 7) is 2.94. The Balaban J connectivity index is 1.56. The largest absolute Gasteiger partial charge is 0.469 e. The van der Waals surface area contributed by atoms with Gasteiger partial charge in [-0.05, 0) is 25.8 Å². The third-order valence-electron chi connectivity index (χ3n) is 5.06. The molecule has 0 bridgehead atoms. The maximum Gasteiger partial charge on any atom is 0.308 e. The van der Waals surface area contributed by atoms with Crippen LogP contribution in [-0.4, -0.2) is 47.2 Å². The fraction of sp³-hybridized carbons (Fsp3) is 0.400. The maximum absolute atomic E-state index is 13.2. The van der Waals surface area contributed by atoms with Crippen molar-refractivity contribution < 1.29 is 18.7 Å². The lowest BCUT2D eigenvalue weighted by Crippen LogP contribution is -2.40. The Labute approximate surface area is 176 Å². The van der Waals surface area contributed by atoms with E-state index in [1.165, 1.54) is 18.4 Å². The molecule has 0 spiro atoms. The number of ether oxygens (including phenoxy) is 1. The van der Waals surface area contributed by atoms with E-state index in [1.54, 1.807) is 16.7 Å². The third-order valence-corrected chi connectivity index (χ3v) is 7.06. The summed E-state index contributed by atoms with van der Waals surface area (Å²) >= 11 is 3.09. The highest BCUT2D eigenvalue weighted by Crippen LogP contribution is 2.34. The van der Waals surface area contributed by atoms with Gasteiger partial charge >= 0.3 is 5.97 Å². The average Bonchev–Trinajstić information content (AvgIpc) is 3.34. The van der Waals surface area contributed by atoms with Gasteiger partial charge in [0.25, 0.3) is 5.91 Å². The molecule has 4 rings (SSSR count). The zero-order valence-electron chi connectivity index (χ0n) is 16.2. The van der Waals surface area contributed by atoms with Crippen LogP contribution in [0, 0.1) is 12.8 Å². The van der Waals surface area contributed by atoms with Crippen LogP contribution in [0.5, 0.6) is 0 Å². The van der Waals surface area contributed by atoms with E-state index in [2.05, 4.69) is 10.2 Å². The van der Waals surface area contributed by atoms with Crippen molar-refractivity contribution in [3.63, 3.8) is 0 Å². The number of furan rings is 1. The normalized spacial score (nSPS) is 15.0. The number of likely N-dealkylation sites (tertiary alicyclic amines) is 1. The fourth-order valence-electron chi connectivity index (χ4n) is 3.51. The molecule has 1 amide bonds. The molecule has 1 aromatic carbocycles. The number of aryl methyl sites for hydroxylation is 1. The molecule has 1 fully saturated rings. The number of thioether (sulfide) groups is 1. The standard InChI is InChI=1S/C20H21N3O4S2/c1-12-21-22-20(29-12)28-11-15-14-5-3-4-6-16(14)27-17(15)18(24)23-9-7-13(8-10-23)19(25)26-2/h3-6,13H,7-11H2,1-2H3. The van der Waals surface area contributed by atoms with Crippen LogP contribution in [0.15, 0.2) is 33.0 Å². The Morgan fingerprint density at radius 2 is 2.03 bits per heavy atom. The number of hydrogen-bond donors (Lipinski definition) is 0. The lowest BCUT2D eigenvalue weighted by atomic mass is 9.96. The summed E-state index contributed by atoms with van der Waals surface area (Å²) in [6.07, 6.45) is 1.21. The summed E-state index contributed by atoms with van der Waals surface area (Å²) in [5.41, 5.74) is 1.57. The molecule has 152 valence electrons. The van der Waals surface area contributed by atoms with Gasteiger partial charge in [0.05, 0.1) is 13.0 Å². The highest BCUT2D eigenvalue weighted by atomic mass is 32.2. The molecule has 0 saturated carbocycles. The van der Waals surface area contributed by atoms with E-state index in [1.807, 2.05) is 31.2 Å². The second-order valence-corrected chi connectivity index (χ2v) is 9.28. The summed E-state index contributed by atoms with van der Waals surface area (Å²) < 4.78 is 11.7. The second kappa shape index (κ2) is 8.54. The number of methoxy groups -OCH3 is 1. The first-order valence-corrected chi connectivity index (χ1v) is 11.2. The SMILES string of the molecule is COC(=O)C1CCN(C(=O)c2oc3ccccc3c2CSc2nnc(C)s2)CC1. The number of amides is 1. The Hall–Kier alpha value is -2.39. The molecule has 0 atom stereocenters. The molecule has 1 aliphatic rings. The van der Waals surface area contributed by atoms with Crippen molar-refractivity contribution in [3.05, 3.63) is 40.6 Å². The van der Waals surface area contributed by atoms with Gasteiger partial charge in [-0.25, -0.2) is 0 Å². The summed E-state index contributed by atoms with van der Waals surface area (Å²) in [5, 5.41) is 10.1. The van der Waals surface area contributed by atoms with Gasteiger partial charge < -0.3 is 14.1 Å². The van der Waals surface area contributed by atoms with Crippen LogP contribution in [0.1, 0.15) is 34.0 Å². The van der Waals surface area contributed by atoms with Crippen LogP contribution in [0.3, 0.4) is 0 Å². The molecule has 0 radical (unpaired) electrons. The van der Waals surface area contributed by atoms with E-state index in [9.17, 15) is 9.59 Å². The van der Waals surface area contributed by atoms with Crippen LogP contribution in [0.25, 0.3) is 11.0 Å². The van der Waals surface area contributed by atoms with Crippen LogP contribution in [0.2, 0.25) is 0 Å². The Bertz CT molecular complexity index is 1040. The number of para-hydroxylation sites is 1. The number of carbonyl (C=O) groups excluding carboxylic acids is 2. The van der Waals surface area contributed by atoms with E-state index in [4.69, 9.17) is 9.15 Å². The number of hydrogen-bond acceptors (Lipinski definition) is 8. The van der Waals surface area contributed by atoms with Gasteiger partial charge in [0.1, 0.15) is 10.6 Å². The molecule has 0 aliphatic carbocycles. The molecular formula is C20H21N3O4S2. The van der Waals surface area contributed by atoms with Gasteiger partial charge in [0, 0.05) is 29.8 Å². The fourth-order valence-corrected chi connectivity index (χ4v) is 5.36. The predicted molar refractivity (Wildman–Crippen MR) is 111 cm³/mol. The smallest absolute Gasteiger partial charge is 0.308 e. The van der Waals surface area contributed by atoms with Crippen molar-refractivity contribution in [2.75, 3.05) is 20.2 Å². The van der Waals surface area contributed by atoms with Gasteiger partial charge in [0.15, 0.2) is 10.1 Å². The number of benzene rings is 1. The number of aromatic nitrogens is 2. The third kappa shape index (κ3) is 4.16. The Morgan fingerprint density at radius 1 is 1.28 bits per heavy atom. The quantitative estimate of drug-likeness (QED) is 0.447. The minimum Gasteiger partial charge on any atom is -0.469 e. The van der Waals surface area contributed by atoms with Gasteiger partial charge in [-0.3, -0.25) is 9.59 Å². The molecule has 9 heteroatoms. The molecule has 0 unspecified atom stereocenters. The summed E-state index contributed by atoms with van der Waals surface area (Å²) in [7, 11) is 1.40. The van der Waals surface area contributed by atoms with Crippen molar-refractivity contribution in [3.8, 4) is 0 Å². The zero-order valence-corrected chi connectivity index (χ0v) is 17.8. The number of nitrogens with zero attached hydrogens (tertiary/aromatic N) is 3. The first-order valence-electron chi connectivity index (χ1n) is 9.37. The second-order valence-electron chi connectivity index (χ2n) is 6.87. The molecule has 1 aliphatic heterocycles. The molecule has 3 aromatic rings. The highest BCUT2D eigenvalue weighted by molar-refractivity contribution is 8.00. The van der Waals surface area contributed by atoms with E-state index < -0.39 is 0 Å². The molecular weight excluding hydrogens is 410 g/mol. The molecule has 1 saturated heterocycles. The van der Waals surface area contributed by atoms with Crippen molar-refractivity contribution in [2.45, 2.75) is 29.9 Å². The predicted octanol–water partition coefficient (Wildman–Crippen LogP) is 3.91. The number of fused-ring (bicyclic) bond motifs is 1. The number of carbonyl (C=O) groups is 2. The van der Waals surface area contributed by atoms with Crippen LogP contribution >= 0.6 is 23.1 Å². The first-order chi connectivity index (χ1) is 14.1. The van der Waals surface area contributed by atoms with Crippen molar-refractivity contribution in [2.24, 2.45) is 5.92 Å². The maximum atomic E-state index is 13.2. The van der Waals surface area contributed by atoms with Crippen molar-refractivity contribution in [1.29, 1.82) is 0 Å². The lowest BCUT2D eigenvalue weighted by molar-refractivity contribution is -0.146. The summed E-state index contributed by atoms with van der Waals surface area (Å²) in [6, 6.07) is 7.68. The molecule has 2 aromatic heterocycles.